The molecule has 0 fully saturated rings. The van der Waals surface area contributed by atoms with Crippen LogP contribution in [-0.2, 0) is 0 Å². The topological polar surface area (TPSA) is 9.86 Å². The second kappa shape index (κ2) is 15.2. The molecule has 0 radical (unpaired) electrons. The Kier molecular flexibility index (Phi) is 8.87. The van der Waals surface area contributed by atoms with Gasteiger partial charge in [0.2, 0.25) is 0 Å². The van der Waals surface area contributed by atoms with Crippen LogP contribution in [0.2, 0.25) is 0 Å². The zero-order chi connectivity index (χ0) is 41.7. The highest BCUT2D eigenvalue weighted by Crippen LogP contribution is 2.42. The van der Waals surface area contributed by atoms with E-state index < -0.39 is 8.07 Å². The van der Waals surface area contributed by atoms with Gasteiger partial charge in [-0.15, -0.1) is 0 Å². The highest BCUT2D eigenvalue weighted by Gasteiger charge is 2.41. The Morgan fingerprint density at radius 2 is 0.746 bits per heavy atom. The molecule has 0 saturated heterocycles. The van der Waals surface area contributed by atoms with Crippen molar-refractivity contribution < 1.29 is 0 Å². The molecule has 2 heterocycles. The normalized spacial score (nSPS) is 11.8. The van der Waals surface area contributed by atoms with Gasteiger partial charge in [0, 0.05) is 32.8 Å². The quantitative estimate of drug-likeness (QED) is 0.107. The van der Waals surface area contributed by atoms with E-state index in [1.165, 1.54) is 81.1 Å². The van der Waals surface area contributed by atoms with Crippen LogP contribution in [0.1, 0.15) is 0 Å². The Morgan fingerprint density at radius 3 is 1.40 bits per heavy atom. The van der Waals surface area contributed by atoms with Gasteiger partial charge in [0.05, 0.1) is 27.8 Å². The molecule has 296 valence electrons. The molecule has 2 aromatic heterocycles. The lowest BCUT2D eigenvalue weighted by Crippen LogP contribution is -2.74. The summed E-state index contributed by atoms with van der Waals surface area (Å²) in [6.45, 7) is 0. The summed E-state index contributed by atoms with van der Waals surface area (Å²) in [7, 11) is -2.80. The molecular formula is C60H42N2Si. The van der Waals surface area contributed by atoms with Crippen LogP contribution in [0, 0.1) is 0 Å². The maximum atomic E-state index is 2.52. The third-order valence-electron chi connectivity index (χ3n) is 13.1. The van der Waals surface area contributed by atoms with Crippen LogP contribution in [0.25, 0.3) is 77.2 Å². The fraction of sp³-hybridized carbons (Fsp3) is 0. The standard InChI is InChI=1S/C60H42N2Si/c1-6-21-43(22-7-1)50-31-16-18-34-55(50)62-57-36-20-33-51(44-23-8-2-9-24-44)60(57)54-39-37-45(41-58(54)62)61-56-35-19-17-32-52(56)53-40-38-49(42-59(53)61)63(46-25-10-3-11-26-46,47-27-12-4-13-28-47)48-29-14-5-15-30-48/h1-42H. The first-order valence-electron chi connectivity index (χ1n) is 21.8. The number of fused-ring (bicyclic) bond motifs is 6. The van der Waals surface area contributed by atoms with Crippen LogP contribution < -0.4 is 20.7 Å². The number of hydrogen-bond donors (Lipinski definition) is 0. The maximum absolute atomic E-state index is 2.80. The number of nitrogens with zero attached hydrogens (tertiary/aromatic N) is 2. The highest BCUT2D eigenvalue weighted by atomic mass is 28.3. The van der Waals surface area contributed by atoms with Gasteiger partial charge < -0.3 is 9.13 Å². The van der Waals surface area contributed by atoms with Gasteiger partial charge in [-0.25, -0.2) is 0 Å². The van der Waals surface area contributed by atoms with Gasteiger partial charge in [-0.05, 0) is 73.8 Å². The average molecular weight is 819 g/mol. The summed E-state index contributed by atoms with van der Waals surface area (Å²) in [5.41, 5.74) is 11.8. The summed E-state index contributed by atoms with van der Waals surface area (Å²) in [6.07, 6.45) is 0. The van der Waals surface area contributed by atoms with E-state index >= 15 is 0 Å². The van der Waals surface area contributed by atoms with Crippen LogP contribution in [0.5, 0.6) is 0 Å². The monoisotopic (exact) mass is 818 g/mol. The maximum Gasteiger partial charge on any atom is 0.179 e. The number of para-hydroxylation sites is 2. The Hall–Kier alpha value is -7.98. The molecule has 12 rings (SSSR count). The van der Waals surface area contributed by atoms with Crippen LogP contribution in [0.15, 0.2) is 255 Å². The van der Waals surface area contributed by atoms with E-state index in [-0.39, 0.29) is 0 Å². The van der Waals surface area contributed by atoms with Crippen molar-refractivity contribution in [2.75, 3.05) is 0 Å². The smallest absolute Gasteiger partial charge is 0.179 e. The number of aromatic nitrogens is 2. The molecule has 0 unspecified atom stereocenters. The molecule has 0 aliphatic carbocycles. The Bertz CT molecular complexity index is 3500. The predicted molar refractivity (Wildman–Crippen MR) is 270 cm³/mol. The van der Waals surface area contributed by atoms with Crippen molar-refractivity contribution in [2.24, 2.45) is 0 Å². The SMILES string of the molecule is c1ccc(-c2ccccc2-n2c3cc(-n4c5ccccc5c5ccc([Si](c6ccccc6)(c6ccccc6)c6ccccc6)cc54)ccc3c3c(-c4ccccc4)cccc32)cc1. The van der Waals surface area contributed by atoms with Crippen molar-refractivity contribution in [1.29, 1.82) is 0 Å². The minimum absolute atomic E-state index is 1.12. The van der Waals surface area contributed by atoms with E-state index in [1.54, 1.807) is 0 Å². The molecule has 0 atom stereocenters. The van der Waals surface area contributed by atoms with Gasteiger partial charge in [0.1, 0.15) is 0 Å². The molecule has 0 amide bonds. The van der Waals surface area contributed by atoms with E-state index in [1.807, 2.05) is 0 Å². The highest BCUT2D eigenvalue weighted by molar-refractivity contribution is 7.20. The van der Waals surface area contributed by atoms with E-state index in [9.17, 15) is 0 Å². The van der Waals surface area contributed by atoms with Gasteiger partial charge >= 0.3 is 0 Å². The molecule has 12 aromatic rings. The lowest BCUT2D eigenvalue weighted by molar-refractivity contribution is 1.16. The van der Waals surface area contributed by atoms with E-state index in [0.717, 1.165) is 16.9 Å². The Morgan fingerprint density at radius 1 is 0.270 bits per heavy atom. The first-order chi connectivity index (χ1) is 31.3. The number of hydrogen-bond acceptors (Lipinski definition) is 0. The van der Waals surface area contributed by atoms with Crippen molar-refractivity contribution in [3.63, 3.8) is 0 Å². The van der Waals surface area contributed by atoms with Crippen LogP contribution >= 0.6 is 0 Å². The van der Waals surface area contributed by atoms with Crippen LogP contribution in [0.4, 0.5) is 0 Å². The van der Waals surface area contributed by atoms with Gasteiger partial charge in [-0.1, -0.05) is 218 Å². The minimum Gasteiger partial charge on any atom is -0.309 e. The molecule has 63 heavy (non-hydrogen) atoms. The van der Waals surface area contributed by atoms with E-state index in [0.29, 0.717) is 0 Å². The number of rotatable bonds is 8. The molecule has 3 heteroatoms. The molecule has 0 N–H and O–H groups in total. The largest absolute Gasteiger partial charge is 0.309 e. The Balaban J connectivity index is 1.18. The second-order valence-electron chi connectivity index (χ2n) is 16.4. The first kappa shape index (κ1) is 36.8. The summed E-state index contributed by atoms with van der Waals surface area (Å²) in [5, 5.41) is 10.4. The van der Waals surface area contributed by atoms with E-state index in [4.69, 9.17) is 0 Å². The second-order valence-corrected chi connectivity index (χ2v) is 20.2. The molecule has 10 aromatic carbocycles. The van der Waals surface area contributed by atoms with Crippen LogP contribution in [0.3, 0.4) is 0 Å². The zero-order valence-corrected chi connectivity index (χ0v) is 35.6. The fourth-order valence-corrected chi connectivity index (χ4v) is 15.2. The van der Waals surface area contributed by atoms with Crippen molar-refractivity contribution in [1.82, 2.24) is 9.13 Å². The molecule has 0 saturated carbocycles. The molecule has 2 nitrogen and oxygen atoms in total. The lowest BCUT2D eigenvalue weighted by atomic mass is 9.99. The molecular weight excluding hydrogens is 777 g/mol. The van der Waals surface area contributed by atoms with Crippen molar-refractivity contribution in [3.8, 4) is 33.6 Å². The minimum atomic E-state index is -2.80. The van der Waals surface area contributed by atoms with Crippen molar-refractivity contribution in [2.45, 2.75) is 0 Å². The fourth-order valence-electron chi connectivity index (χ4n) is 10.4. The third kappa shape index (κ3) is 5.85. The molecule has 0 bridgehead atoms. The average Bonchev–Trinajstić information content (AvgIpc) is 3.88. The van der Waals surface area contributed by atoms with Gasteiger partial charge in [-0.2, -0.15) is 0 Å². The summed E-state index contributed by atoms with van der Waals surface area (Å²) in [6, 6.07) is 94.3. The van der Waals surface area contributed by atoms with Crippen LogP contribution in [-0.4, -0.2) is 17.2 Å². The molecule has 0 spiro atoms. The van der Waals surface area contributed by atoms with Crippen molar-refractivity contribution >= 4 is 72.4 Å². The summed E-state index contributed by atoms with van der Waals surface area (Å²) >= 11 is 0. The van der Waals surface area contributed by atoms with Gasteiger partial charge in [-0.3, -0.25) is 0 Å². The molecule has 0 aliphatic heterocycles. The lowest BCUT2D eigenvalue weighted by Gasteiger charge is -2.34. The first-order valence-corrected chi connectivity index (χ1v) is 23.8. The number of benzene rings is 10. The summed E-state index contributed by atoms with van der Waals surface area (Å²) in [5.74, 6) is 0. The van der Waals surface area contributed by atoms with Crippen molar-refractivity contribution in [3.05, 3.63) is 255 Å². The summed E-state index contributed by atoms with van der Waals surface area (Å²) in [4.78, 5) is 0. The van der Waals surface area contributed by atoms with E-state index in [2.05, 4.69) is 264 Å². The zero-order valence-electron chi connectivity index (χ0n) is 34.6. The third-order valence-corrected chi connectivity index (χ3v) is 17.8. The van der Waals surface area contributed by atoms with Gasteiger partial charge in [0.25, 0.3) is 0 Å². The van der Waals surface area contributed by atoms with Gasteiger partial charge in [0.15, 0.2) is 8.07 Å². The summed E-state index contributed by atoms with van der Waals surface area (Å²) < 4.78 is 5.01. The predicted octanol–water partition coefficient (Wildman–Crippen LogP) is 12.6. The Labute approximate surface area is 368 Å². The molecule has 0 aliphatic rings.